The Kier molecular flexibility index (Phi) is 3.70. The highest BCUT2D eigenvalue weighted by Crippen LogP contribution is 2.30. The molecule has 1 aromatic rings. The number of rotatable bonds is 3. The Morgan fingerprint density at radius 2 is 2.31 bits per heavy atom. The second kappa shape index (κ2) is 5.24. The fourth-order valence-corrected chi connectivity index (χ4v) is 2.54. The van der Waals surface area contributed by atoms with Crippen molar-refractivity contribution in [3.63, 3.8) is 0 Å². The molecule has 0 saturated heterocycles. The molecule has 1 aliphatic rings. The molecule has 1 saturated carbocycles. The molecule has 16 heavy (non-hydrogen) atoms. The zero-order valence-corrected chi connectivity index (χ0v) is 9.86. The summed E-state index contributed by atoms with van der Waals surface area (Å²) in [5.41, 5.74) is 1.05. The number of hydrogen-bond acceptors (Lipinski definition) is 2. The van der Waals surface area contributed by atoms with Gasteiger partial charge in [-0.15, -0.1) is 0 Å². The average molecular weight is 217 g/mol. The van der Waals surface area contributed by atoms with E-state index in [0.717, 1.165) is 37.3 Å². The molecular formula is C14H19NO. The second-order valence-corrected chi connectivity index (χ2v) is 4.74. The third kappa shape index (κ3) is 2.69. The third-order valence-electron chi connectivity index (χ3n) is 3.63. The molecule has 0 radical (unpaired) electrons. The molecule has 1 aromatic heterocycles. The fourth-order valence-electron chi connectivity index (χ4n) is 2.54. The minimum absolute atomic E-state index is 0.216. The van der Waals surface area contributed by atoms with Gasteiger partial charge < -0.3 is 0 Å². The number of hydrogen-bond donors (Lipinski definition) is 0. The van der Waals surface area contributed by atoms with E-state index in [2.05, 4.69) is 11.9 Å². The van der Waals surface area contributed by atoms with E-state index in [0.29, 0.717) is 5.78 Å². The molecule has 86 valence electrons. The summed E-state index contributed by atoms with van der Waals surface area (Å²) in [6.07, 6.45) is 6.76. The summed E-state index contributed by atoms with van der Waals surface area (Å²) in [6, 6.07) is 5.93. The smallest absolute Gasteiger partial charge is 0.136 e. The lowest BCUT2D eigenvalue weighted by Gasteiger charge is -2.27. The summed E-state index contributed by atoms with van der Waals surface area (Å²) in [5, 5.41) is 0. The minimum Gasteiger partial charge on any atom is -0.299 e. The van der Waals surface area contributed by atoms with Crippen LogP contribution in [-0.2, 0) is 11.2 Å². The van der Waals surface area contributed by atoms with Crippen LogP contribution in [0.4, 0.5) is 0 Å². The maximum atomic E-state index is 11.8. The molecule has 2 heteroatoms. The molecule has 1 fully saturated rings. The van der Waals surface area contributed by atoms with Gasteiger partial charge in [-0.2, -0.15) is 0 Å². The van der Waals surface area contributed by atoms with Crippen molar-refractivity contribution in [2.24, 2.45) is 11.8 Å². The van der Waals surface area contributed by atoms with Crippen molar-refractivity contribution in [2.45, 2.75) is 39.0 Å². The number of carbonyl (C=O) groups is 1. The molecular weight excluding hydrogens is 198 g/mol. The average Bonchev–Trinajstić information content (AvgIpc) is 2.33. The first-order chi connectivity index (χ1) is 7.79. The Labute approximate surface area is 97.1 Å². The number of aromatic nitrogens is 1. The van der Waals surface area contributed by atoms with Crippen LogP contribution in [-0.4, -0.2) is 10.8 Å². The van der Waals surface area contributed by atoms with Gasteiger partial charge in [0.25, 0.3) is 0 Å². The number of ketones is 1. The molecule has 0 aromatic carbocycles. The van der Waals surface area contributed by atoms with Gasteiger partial charge in [0.2, 0.25) is 0 Å². The van der Waals surface area contributed by atoms with Gasteiger partial charge in [-0.05, 0) is 37.3 Å². The van der Waals surface area contributed by atoms with Gasteiger partial charge >= 0.3 is 0 Å². The monoisotopic (exact) mass is 217 g/mol. The Balaban J connectivity index is 2.00. The number of nitrogens with zero attached hydrogens (tertiary/aromatic N) is 1. The maximum absolute atomic E-state index is 11.8. The van der Waals surface area contributed by atoms with E-state index in [1.165, 1.54) is 6.42 Å². The highest BCUT2D eigenvalue weighted by Gasteiger charge is 2.27. The first-order valence-electron chi connectivity index (χ1n) is 6.22. The van der Waals surface area contributed by atoms with Gasteiger partial charge in [0, 0.05) is 24.2 Å². The first-order valence-corrected chi connectivity index (χ1v) is 6.22. The van der Waals surface area contributed by atoms with E-state index in [9.17, 15) is 4.79 Å². The fraction of sp³-hybridized carbons (Fsp3) is 0.571. The Morgan fingerprint density at radius 1 is 1.44 bits per heavy atom. The van der Waals surface area contributed by atoms with Crippen molar-refractivity contribution in [3.05, 3.63) is 30.1 Å². The molecule has 2 nitrogen and oxygen atoms in total. The largest absolute Gasteiger partial charge is 0.299 e. The number of pyridine rings is 1. The van der Waals surface area contributed by atoms with Crippen LogP contribution in [0.1, 0.15) is 38.3 Å². The summed E-state index contributed by atoms with van der Waals surface area (Å²) in [4.78, 5) is 16.1. The summed E-state index contributed by atoms with van der Waals surface area (Å²) < 4.78 is 0. The van der Waals surface area contributed by atoms with E-state index >= 15 is 0 Å². The molecule has 1 aliphatic carbocycles. The van der Waals surface area contributed by atoms with Gasteiger partial charge in [0.15, 0.2) is 0 Å². The number of carbonyl (C=O) groups excluding carboxylic acids is 1. The van der Waals surface area contributed by atoms with E-state index < -0.39 is 0 Å². The summed E-state index contributed by atoms with van der Waals surface area (Å²) >= 11 is 0. The summed E-state index contributed by atoms with van der Waals surface area (Å²) in [7, 11) is 0. The molecule has 1 heterocycles. The molecule has 0 N–H and O–H groups in total. The molecule has 0 aliphatic heterocycles. The van der Waals surface area contributed by atoms with Crippen LogP contribution in [0.2, 0.25) is 0 Å². The topological polar surface area (TPSA) is 30.0 Å². The quantitative estimate of drug-likeness (QED) is 0.779. The Hall–Kier alpha value is -1.18. The zero-order valence-electron chi connectivity index (χ0n) is 9.86. The zero-order chi connectivity index (χ0) is 11.4. The van der Waals surface area contributed by atoms with E-state index in [1.807, 2.05) is 18.2 Å². The van der Waals surface area contributed by atoms with Crippen LogP contribution in [0.3, 0.4) is 0 Å². The van der Waals surface area contributed by atoms with Crippen LogP contribution in [0.15, 0.2) is 24.4 Å². The van der Waals surface area contributed by atoms with Gasteiger partial charge in [-0.25, -0.2) is 0 Å². The van der Waals surface area contributed by atoms with Gasteiger partial charge in [0.1, 0.15) is 5.78 Å². The van der Waals surface area contributed by atoms with Crippen molar-refractivity contribution in [3.8, 4) is 0 Å². The lowest BCUT2D eigenvalue weighted by molar-refractivity contribution is -0.125. The predicted octanol–water partition coefficient (Wildman–Crippen LogP) is 3.02. The van der Waals surface area contributed by atoms with Crippen molar-refractivity contribution in [1.29, 1.82) is 0 Å². The van der Waals surface area contributed by atoms with Crippen LogP contribution >= 0.6 is 0 Å². The Morgan fingerprint density at radius 3 is 3.00 bits per heavy atom. The van der Waals surface area contributed by atoms with E-state index in [4.69, 9.17) is 0 Å². The standard InChI is InChI=1S/C14H19NO/c1-2-11-6-7-14(16)12(9-11)10-13-5-3-4-8-15-13/h3-5,8,11-12H,2,6-7,9-10H2,1H3. The van der Waals surface area contributed by atoms with E-state index in [1.54, 1.807) is 6.20 Å². The number of Topliss-reactive ketones (excluding diaryl/α,β-unsaturated/α-hetero) is 1. The molecule has 2 rings (SSSR count). The van der Waals surface area contributed by atoms with Crippen molar-refractivity contribution in [2.75, 3.05) is 0 Å². The second-order valence-electron chi connectivity index (χ2n) is 4.74. The highest BCUT2D eigenvalue weighted by atomic mass is 16.1. The highest BCUT2D eigenvalue weighted by molar-refractivity contribution is 5.81. The van der Waals surface area contributed by atoms with Crippen LogP contribution < -0.4 is 0 Å². The van der Waals surface area contributed by atoms with Gasteiger partial charge in [-0.3, -0.25) is 9.78 Å². The molecule has 0 amide bonds. The molecule has 2 unspecified atom stereocenters. The summed E-state index contributed by atoms with van der Waals surface area (Å²) in [6.45, 7) is 2.22. The van der Waals surface area contributed by atoms with Crippen molar-refractivity contribution in [1.82, 2.24) is 4.98 Å². The normalized spacial score (nSPS) is 25.7. The molecule has 0 bridgehead atoms. The molecule has 0 spiro atoms. The predicted molar refractivity (Wildman–Crippen MR) is 64.1 cm³/mol. The Bertz CT molecular complexity index is 347. The SMILES string of the molecule is CCC1CCC(=O)C(Cc2ccccn2)C1. The van der Waals surface area contributed by atoms with Crippen LogP contribution in [0.5, 0.6) is 0 Å². The van der Waals surface area contributed by atoms with Crippen molar-refractivity contribution < 1.29 is 4.79 Å². The van der Waals surface area contributed by atoms with E-state index in [-0.39, 0.29) is 5.92 Å². The lowest BCUT2D eigenvalue weighted by Crippen LogP contribution is -2.26. The third-order valence-corrected chi connectivity index (χ3v) is 3.63. The van der Waals surface area contributed by atoms with Gasteiger partial charge in [-0.1, -0.05) is 19.4 Å². The van der Waals surface area contributed by atoms with Crippen molar-refractivity contribution >= 4 is 5.78 Å². The van der Waals surface area contributed by atoms with Gasteiger partial charge in [0.05, 0.1) is 0 Å². The lowest BCUT2D eigenvalue weighted by atomic mass is 9.77. The first kappa shape index (κ1) is 11.3. The summed E-state index contributed by atoms with van der Waals surface area (Å²) in [5.74, 6) is 1.40. The van der Waals surface area contributed by atoms with Crippen LogP contribution in [0.25, 0.3) is 0 Å². The maximum Gasteiger partial charge on any atom is 0.136 e. The molecule has 2 atom stereocenters. The van der Waals surface area contributed by atoms with Crippen LogP contribution in [0, 0.1) is 11.8 Å². The minimum atomic E-state index is 0.216.